The maximum atomic E-state index is 10.4. The summed E-state index contributed by atoms with van der Waals surface area (Å²) in [6.45, 7) is 4.01. The van der Waals surface area contributed by atoms with Crippen LogP contribution in [0.2, 0.25) is 0 Å². The van der Waals surface area contributed by atoms with Crippen molar-refractivity contribution in [3.8, 4) is 5.75 Å². The Morgan fingerprint density at radius 1 is 1.44 bits per heavy atom. The standard InChI is InChI=1S/C10H12N2O4/c1-3-15-8(2)11-16-10-6-4-9(5-7-10)12(13)14/h4-7H,3H2,1-2H3/b11-8+. The fourth-order valence-electron chi connectivity index (χ4n) is 0.981. The van der Waals surface area contributed by atoms with Crippen LogP contribution in [0.4, 0.5) is 5.69 Å². The molecule has 0 bridgehead atoms. The fourth-order valence-corrected chi connectivity index (χ4v) is 0.981. The first-order valence-electron chi connectivity index (χ1n) is 4.72. The second-order valence-electron chi connectivity index (χ2n) is 2.89. The van der Waals surface area contributed by atoms with E-state index < -0.39 is 4.92 Å². The van der Waals surface area contributed by atoms with Gasteiger partial charge in [0, 0.05) is 19.1 Å². The minimum absolute atomic E-state index is 0.0119. The molecule has 0 radical (unpaired) electrons. The maximum Gasteiger partial charge on any atom is 0.269 e. The minimum Gasteiger partial charge on any atom is -0.479 e. The number of ether oxygens (including phenoxy) is 1. The Morgan fingerprint density at radius 2 is 2.06 bits per heavy atom. The number of oxime groups is 1. The lowest BCUT2D eigenvalue weighted by Gasteiger charge is -2.01. The van der Waals surface area contributed by atoms with Gasteiger partial charge in [0.05, 0.1) is 11.5 Å². The van der Waals surface area contributed by atoms with E-state index in [9.17, 15) is 10.1 Å². The van der Waals surface area contributed by atoms with E-state index in [-0.39, 0.29) is 5.69 Å². The summed E-state index contributed by atoms with van der Waals surface area (Å²) >= 11 is 0. The smallest absolute Gasteiger partial charge is 0.269 e. The lowest BCUT2D eigenvalue weighted by atomic mass is 10.3. The molecule has 16 heavy (non-hydrogen) atoms. The number of nitro groups is 1. The molecule has 0 heterocycles. The molecule has 0 aliphatic carbocycles. The van der Waals surface area contributed by atoms with Gasteiger partial charge in [0.25, 0.3) is 5.69 Å². The maximum absolute atomic E-state index is 10.4. The number of nitro benzene ring substituents is 1. The van der Waals surface area contributed by atoms with Crippen LogP contribution >= 0.6 is 0 Å². The zero-order valence-electron chi connectivity index (χ0n) is 9.04. The van der Waals surface area contributed by atoms with E-state index in [4.69, 9.17) is 9.57 Å². The summed E-state index contributed by atoms with van der Waals surface area (Å²) in [5.74, 6) is 0.825. The van der Waals surface area contributed by atoms with E-state index in [1.54, 1.807) is 6.92 Å². The van der Waals surface area contributed by atoms with Crippen LogP contribution < -0.4 is 4.84 Å². The lowest BCUT2D eigenvalue weighted by molar-refractivity contribution is -0.384. The molecular formula is C10H12N2O4. The van der Waals surface area contributed by atoms with E-state index in [2.05, 4.69) is 5.16 Å². The van der Waals surface area contributed by atoms with Gasteiger partial charge in [-0.2, -0.15) is 0 Å². The first-order valence-corrected chi connectivity index (χ1v) is 4.72. The van der Waals surface area contributed by atoms with Crippen molar-refractivity contribution in [3.63, 3.8) is 0 Å². The summed E-state index contributed by atoms with van der Waals surface area (Å²) in [5.41, 5.74) is 0.0119. The molecule has 6 heteroatoms. The number of hydrogen-bond donors (Lipinski definition) is 0. The highest BCUT2D eigenvalue weighted by molar-refractivity contribution is 5.72. The number of nitrogens with zero attached hydrogens (tertiary/aromatic N) is 2. The molecule has 1 rings (SSSR count). The SMILES string of the molecule is CCO/C(C)=N/Oc1ccc([N+](=O)[O-])cc1. The summed E-state index contributed by atoms with van der Waals surface area (Å²) in [6.07, 6.45) is 0. The Labute approximate surface area is 92.6 Å². The number of non-ortho nitro benzene ring substituents is 1. The van der Waals surface area contributed by atoms with Crippen molar-refractivity contribution in [2.75, 3.05) is 6.61 Å². The highest BCUT2D eigenvalue weighted by Crippen LogP contribution is 2.17. The highest BCUT2D eigenvalue weighted by atomic mass is 16.6. The van der Waals surface area contributed by atoms with Crippen LogP contribution in [0, 0.1) is 10.1 Å². The molecule has 0 aliphatic heterocycles. The summed E-state index contributed by atoms with van der Waals surface area (Å²) in [7, 11) is 0. The molecule has 0 N–H and O–H groups in total. The van der Waals surface area contributed by atoms with E-state index in [0.717, 1.165) is 0 Å². The molecule has 0 aromatic heterocycles. The van der Waals surface area contributed by atoms with Crippen molar-refractivity contribution in [1.82, 2.24) is 0 Å². The van der Waals surface area contributed by atoms with Gasteiger partial charge in [0.2, 0.25) is 5.90 Å². The Kier molecular flexibility index (Phi) is 4.26. The Morgan fingerprint density at radius 3 is 2.56 bits per heavy atom. The number of hydrogen-bond acceptors (Lipinski definition) is 5. The van der Waals surface area contributed by atoms with Gasteiger partial charge in [-0.15, -0.1) is 0 Å². The summed E-state index contributed by atoms with van der Waals surface area (Å²) < 4.78 is 5.04. The summed E-state index contributed by atoms with van der Waals surface area (Å²) in [4.78, 5) is 14.9. The first kappa shape index (κ1) is 12.0. The molecule has 0 saturated heterocycles. The zero-order valence-corrected chi connectivity index (χ0v) is 9.04. The number of benzene rings is 1. The molecule has 0 spiro atoms. The lowest BCUT2D eigenvalue weighted by Crippen LogP contribution is -2.00. The average Bonchev–Trinajstić information content (AvgIpc) is 2.27. The molecule has 0 saturated carbocycles. The molecule has 0 unspecified atom stereocenters. The molecule has 0 atom stereocenters. The Balaban J connectivity index is 2.62. The van der Waals surface area contributed by atoms with Crippen LogP contribution in [0.25, 0.3) is 0 Å². The van der Waals surface area contributed by atoms with E-state index in [1.807, 2.05) is 6.92 Å². The fraction of sp³-hybridized carbons (Fsp3) is 0.300. The topological polar surface area (TPSA) is 74.0 Å². The second kappa shape index (κ2) is 5.69. The zero-order chi connectivity index (χ0) is 12.0. The van der Waals surface area contributed by atoms with Crippen molar-refractivity contribution < 1.29 is 14.5 Å². The third-order valence-corrected chi connectivity index (χ3v) is 1.68. The Bertz CT molecular complexity index is 386. The molecule has 6 nitrogen and oxygen atoms in total. The Hall–Kier alpha value is -2.11. The molecule has 86 valence electrons. The molecule has 0 aliphatic rings. The molecule has 1 aromatic rings. The van der Waals surface area contributed by atoms with Crippen LogP contribution in [0.5, 0.6) is 5.75 Å². The molecule has 0 amide bonds. The van der Waals surface area contributed by atoms with Gasteiger partial charge in [0.1, 0.15) is 0 Å². The van der Waals surface area contributed by atoms with Gasteiger partial charge >= 0.3 is 0 Å². The highest BCUT2D eigenvalue weighted by Gasteiger charge is 2.04. The predicted octanol–water partition coefficient (Wildman–Crippen LogP) is 2.34. The van der Waals surface area contributed by atoms with Crippen LogP contribution in [0.1, 0.15) is 13.8 Å². The largest absolute Gasteiger partial charge is 0.479 e. The van der Waals surface area contributed by atoms with Gasteiger partial charge in [-0.3, -0.25) is 10.1 Å². The third kappa shape index (κ3) is 3.56. The average molecular weight is 224 g/mol. The van der Waals surface area contributed by atoms with Gasteiger partial charge in [-0.25, -0.2) is 0 Å². The first-order chi connectivity index (χ1) is 7.63. The van der Waals surface area contributed by atoms with Crippen LogP contribution in [0.15, 0.2) is 29.4 Å². The van der Waals surface area contributed by atoms with Crippen molar-refractivity contribution in [3.05, 3.63) is 34.4 Å². The number of rotatable bonds is 4. The third-order valence-electron chi connectivity index (χ3n) is 1.68. The van der Waals surface area contributed by atoms with Gasteiger partial charge < -0.3 is 9.57 Å². The van der Waals surface area contributed by atoms with Crippen molar-refractivity contribution >= 4 is 11.6 Å². The van der Waals surface area contributed by atoms with Crippen LogP contribution in [-0.4, -0.2) is 17.4 Å². The quantitative estimate of drug-likeness (QED) is 0.340. The monoisotopic (exact) mass is 224 g/mol. The van der Waals surface area contributed by atoms with Crippen LogP contribution in [0.3, 0.4) is 0 Å². The minimum atomic E-state index is -0.474. The van der Waals surface area contributed by atoms with Crippen molar-refractivity contribution in [2.24, 2.45) is 5.16 Å². The summed E-state index contributed by atoms with van der Waals surface area (Å²) in [5, 5.41) is 14.1. The predicted molar refractivity (Wildman–Crippen MR) is 58.5 cm³/mol. The molecular weight excluding hydrogens is 212 g/mol. The molecule has 0 fully saturated rings. The van der Waals surface area contributed by atoms with Crippen molar-refractivity contribution in [1.29, 1.82) is 0 Å². The normalized spacial score (nSPS) is 11.0. The summed E-state index contributed by atoms with van der Waals surface area (Å²) in [6, 6.07) is 5.64. The van der Waals surface area contributed by atoms with Crippen molar-refractivity contribution in [2.45, 2.75) is 13.8 Å². The van der Waals surface area contributed by atoms with E-state index in [0.29, 0.717) is 18.3 Å². The van der Waals surface area contributed by atoms with E-state index in [1.165, 1.54) is 24.3 Å². The molecule has 1 aromatic carbocycles. The second-order valence-corrected chi connectivity index (χ2v) is 2.89. The van der Waals surface area contributed by atoms with Gasteiger partial charge in [-0.1, -0.05) is 0 Å². The van der Waals surface area contributed by atoms with E-state index >= 15 is 0 Å². The van der Waals surface area contributed by atoms with Gasteiger partial charge in [0.15, 0.2) is 5.75 Å². The van der Waals surface area contributed by atoms with Crippen LogP contribution in [-0.2, 0) is 4.74 Å². The van der Waals surface area contributed by atoms with Gasteiger partial charge in [-0.05, 0) is 24.2 Å².